The van der Waals surface area contributed by atoms with Gasteiger partial charge in [-0.05, 0) is 27.7 Å². The number of hydrogen-bond donors (Lipinski definition) is 3. The first-order valence-electron chi connectivity index (χ1n) is 6.21. The Morgan fingerprint density at radius 3 is 2.55 bits per heavy atom. The molecule has 1 aromatic rings. The van der Waals surface area contributed by atoms with Crippen LogP contribution in [0.2, 0.25) is 0 Å². The van der Waals surface area contributed by atoms with Crippen LogP contribution in [0.3, 0.4) is 0 Å². The second-order valence-electron chi connectivity index (χ2n) is 5.23. The minimum atomic E-state index is -0.884. The lowest BCUT2D eigenvalue weighted by molar-refractivity contribution is -0.135. The van der Waals surface area contributed by atoms with E-state index in [4.69, 9.17) is 5.84 Å². The molecular formula is C12H18N6O2. The van der Waals surface area contributed by atoms with E-state index in [1.165, 1.54) is 0 Å². The number of nitrogens with one attached hydrogen (secondary N) is 2. The number of anilines is 2. The number of piperazine rings is 1. The lowest BCUT2D eigenvalue weighted by Gasteiger charge is -2.41. The average molecular weight is 278 g/mol. The van der Waals surface area contributed by atoms with Gasteiger partial charge in [-0.25, -0.2) is 15.8 Å². The summed E-state index contributed by atoms with van der Waals surface area (Å²) in [7, 11) is 0. The Balaban J connectivity index is 2.57. The third-order valence-corrected chi connectivity index (χ3v) is 3.41. The number of hydrazine groups is 1. The van der Waals surface area contributed by atoms with Gasteiger partial charge in [0.25, 0.3) is 5.91 Å². The number of nitrogens with zero attached hydrogens (tertiary/aromatic N) is 3. The molecule has 0 saturated carbocycles. The van der Waals surface area contributed by atoms with Gasteiger partial charge in [0.05, 0.1) is 6.54 Å². The molecule has 0 atom stereocenters. The fraction of sp³-hybridized carbons (Fsp3) is 0.500. The number of carbonyl (C=O) groups excluding carboxylic acids is 2. The number of imide groups is 1. The molecule has 0 spiro atoms. The smallest absolute Gasteiger partial charge is 0.251 e. The van der Waals surface area contributed by atoms with Gasteiger partial charge in [-0.2, -0.15) is 0 Å². The van der Waals surface area contributed by atoms with E-state index in [1.54, 1.807) is 32.6 Å². The lowest BCUT2D eigenvalue weighted by Crippen LogP contribution is -2.64. The molecule has 1 aromatic heterocycles. The first-order chi connectivity index (χ1) is 9.27. The number of aryl methyl sites for hydroxylation is 1. The zero-order chi connectivity index (χ0) is 15.1. The van der Waals surface area contributed by atoms with Crippen LogP contribution >= 0.6 is 0 Å². The summed E-state index contributed by atoms with van der Waals surface area (Å²) in [6.07, 6.45) is 0. The fourth-order valence-corrected chi connectivity index (χ4v) is 2.14. The Hall–Kier alpha value is -2.22. The normalized spacial score (nSPS) is 17.9. The van der Waals surface area contributed by atoms with Gasteiger partial charge in [0.15, 0.2) is 0 Å². The van der Waals surface area contributed by atoms with Crippen molar-refractivity contribution in [1.82, 2.24) is 15.3 Å². The summed E-state index contributed by atoms with van der Waals surface area (Å²) < 4.78 is 0. The number of aromatic nitrogens is 2. The highest BCUT2D eigenvalue weighted by Gasteiger charge is 2.42. The maximum atomic E-state index is 12.0. The van der Waals surface area contributed by atoms with E-state index >= 15 is 0 Å². The van der Waals surface area contributed by atoms with Crippen molar-refractivity contribution in [1.29, 1.82) is 0 Å². The molecule has 1 saturated heterocycles. The predicted octanol–water partition coefficient (Wildman–Crippen LogP) is -0.380. The van der Waals surface area contributed by atoms with E-state index in [9.17, 15) is 9.59 Å². The van der Waals surface area contributed by atoms with Crippen LogP contribution in [-0.4, -0.2) is 33.9 Å². The molecule has 108 valence electrons. The van der Waals surface area contributed by atoms with Crippen molar-refractivity contribution in [3.8, 4) is 0 Å². The molecule has 0 bridgehead atoms. The Morgan fingerprint density at radius 1 is 1.30 bits per heavy atom. The van der Waals surface area contributed by atoms with Crippen LogP contribution in [0.4, 0.5) is 11.6 Å². The summed E-state index contributed by atoms with van der Waals surface area (Å²) in [5, 5.41) is 2.33. The molecule has 0 unspecified atom stereocenters. The molecule has 0 aromatic carbocycles. The van der Waals surface area contributed by atoms with Gasteiger partial charge in [-0.1, -0.05) is 0 Å². The van der Waals surface area contributed by atoms with Gasteiger partial charge >= 0.3 is 0 Å². The van der Waals surface area contributed by atoms with E-state index in [2.05, 4.69) is 20.7 Å². The van der Waals surface area contributed by atoms with E-state index in [-0.39, 0.29) is 18.4 Å². The molecule has 2 rings (SSSR count). The van der Waals surface area contributed by atoms with Gasteiger partial charge in [0, 0.05) is 5.56 Å². The van der Waals surface area contributed by atoms with Crippen LogP contribution in [0.15, 0.2) is 0 Å². The number of rotatable bonds is 2. The summed E-state index contributed by atoms with van der Waals surface area (Å²) in [5.74, 6) is 6.23. The highest BCUT2D eigenvalue weighted by Crippen LogP contribution is 2.30. The Bertz CT molecular complexity index is 584. The molecule has 20 heavy (non-hydrogen) atoms. The van der Waals surface area contributed by atoms with E-state index in [1.807, 2.05) is 0 Å². The number of hydrogen-bond acceptors (Lipinski definition) is 7. The first-order valence-corrected chi connectivity index (χ1v) is 6.21. The molecule has 1 aliphatic heterocycles. The first kappa shape index (κ1) is 14.2. The molecular weight excluding hydrogens is 260 g/mol. The highest BCUT2D eigenvalue weighted by atomic mass is 16.2. The van der Waals surface area contributed by atoms with Gasteiger partial charge in [-0.15, -0.1) is 0 Å². The lowest BCUT2D eigenvalue weighted by atomic mass is 9.98. The number of nitrogen functional groups attached to an aromatic ring is 1. The maximum absolute atomic E-state index is 12.0. The standard InChI is InChI=1S/C12H18N6O2/c1-6-9(17-13)14-7(2)15-10(6)18-5-8(19)16-11(20)12(18,3)4/h5,13H2,1-4H3,(H,14,15,17)(H,16,19,20). The monoisotopic (exact) mass is 278 g/mol. The van der Waals surface area contributed by atoms with Crippen molar-refractivity contribution in [2.24, 2.45) is 5.84 Å². The minimum absolute atomic E-state index is 0.0556. The third-order valence-electron chi connectivity index (χ3n) is 3.41. The van der Waals surface area contributed by atoms with Crippen molar-refractivity contribution in [3.05, 3.63) is 11.4 Å². The summed E-state index contributed by atoms with van der Waals surface area (Å²) in [6.45, 7) is 7.04. The van der Waals surface area contributed by atoms with Crippen LogP contribution in [0.1, 0.15) is 25.2 Å². The Kier molecular flexibility index (Phi) is 3.34. The van der Waals surface area contributed by atoms with Crippen molar-refractivity contribution >= 4 is 23.5 Å². The molecule has 8 nitrogen and oxygen atoms in total. The van der Waals surface area contributed by atoms with Crippen LogP contribution in [0.25, 0.3) is 0 Å². The number of amides is 2. The van der Waals surface area contributed by atoms with Gasteiger partial charge in [-0.3, -0.25) is 14.9 Å². The Labute approximate surface area is 116 Å². The SMILES string of the molecule is Cc1nc(NN)c(C)c(N2CC(=O)NC(=O)C2(C)C)n1. The highest BCUT2D eigenvalue weighted by molar-refractivity contribution is 6.06. The van der Waals surface area contributed by atoms with Gasteiger partial charge in [0.1, 0.15) is 23.0 Å². The second kappa shape index (κ2) is 4.71. The Morgan fingerprint density at radius 2 is 1.95 bits per heavy atom. The molecule has 8 heteroatoms. The van der Waals surface area contributed by atoms with E-state index in [0.29, 0.717) is 23.0 Å². The van der Waals surface area contributed by atoms with Gasteiger partial charge in [0.2, 0.25) is 5.91 Å². The zero-order valence-electron chi connectivity index (χ0n) is 11.9. The summed E-state index contributed by atoms with van der Waals surface area (Å²) in [6, 6.07) is 0. The average Bonchev–Trinajstić information content (AvgIpc) is 2.36. The van der Waals surface area contributed by atoms with Crippen LogP contribution in [-0.2, 0) is 9.59 Å². The second-order valence-corrected chi connectivity index (χ2v) is 5.23. The van der Waals surface area contributed by atoms with Crippen molar-refractivity contribution in [2.45, 2.75) is 33.2 Å². The summed E-state index contributed by atoms with van der Waals surface area (Å²) in [4.78, 5) is 33.8. The summed E-state index contributed by atoms with van der Waals surface area (Å²) in [5.41, 5.74) is 2.31. The molecule has 0 radical (unpaired) electrons. The predicted molar refractivity (Wildman–Crippen MR) is 73.9 cm³/mol. The minimum Gasteiger partial charge on any atom is -0.333 e. The number of nitrogens with two attached hydrogens (primary N) is 1. The van der Waals surface area contributed by atoms with Gasteiger partial charge < -0.3 is 10.3 Å². The van der Waals surface area contributed by atoms with E-state index < -0.39 is 5.54 Å². The molecule has 0 aliphatic carbocycles. The number of carbonyl (C=O) groups is 2. The van der Waals surface area contributed by atoms with Crippen LogP contribution in [0, 0.1) is 13.8 Å². The quantitative estimate of drug-likeness (QED) is 0.384. The third kappa shape index (κ3) is 2.18. The fourth-order valence-electron chi connectivity index (χ4n) is 2.14. The van der Waals surface area contributed by atoms with E-state index in [0.717, 1.165) is 0 Å². The molecule has 1 fully saturated rings. The van der Waals surface area contributed by atoms with Crippen LogP contribution < -0.4 is 21.5 Å². The topological polar surface area (TPSA) is 113 Å². The van der Waals surface area contributed by atoms with Crippen molar-refractivity contribution < 1.29 is 9.59 Å². The van der Waals surface area contributed by atoms with Crippen LogP contribution in [0.5, 0.6) is 0 Å². The molecule has 1 aliphatic rings. The molecule has 2 heterocycles. The largest absolute Gasteiger partial charge is 0.333 e. The maximum Gasteiger partial charge on any atom is 0.251 e. The molecule has 4 N–H and O–H groups in total. The zero-order valence-corrected chi connectivity index (χ0v) is 11.9. The summed E-state index contributed by atoms with van der Waals surface area (Å²) >= 11 is 0. The van der Waals surface area contributed by atoms with Crippen molar-refractivity contribution in [3.63, 3.8) is 0 Å². The molecule has 2 amide bonds. The van der Waals surface area contributed by atoms with Crippen molar-refractivity contribution in [2.75, 3.05) is 16.9 Å².